The van der Waals surface area contributed by atoms with Gasteiger partial charge in [-0.3, -0.25) is 4.99 Å². The Balaban J connectivity index is 1.33. The van der Waals surface area contributed by atoms with Gasteiger partial charge in [-0.15, -0.1) is 6.42 Å². The van der Waals surface area contributed by atoms with Gasteiger partial charge in [0, 0.05) is 17.8 Å². The fourth-order valence-electron chi connectivity index (χ4n) is 5.07. The highest BCUT2D eigenvalue weighted by molar-refractivity contribution is 5.83. The first-order chi connectivity index (χ1) is 17.2. The van der Waals surface area contributed by atoms with Crippen LogP contribution in [0.15, 0.2) is 77.8 Å². The minimum absolute atomic E-state index is 0.207. The van der Waals surface area contributed by atoms with E-state index in [0.717, 1.165) is 17.7 Å². The van der Waals surface area contributed by atoms with Crippen LogP contribution in [0.4, 0.5) is 11.4 Å². The average molecular weight is 463 g/mol. The average Bonchev–Trinajstić information content (AvgIpc) is 3.38. The van der Waals surface area contributed by atoms with Crippen LogP contribution in [-0.2, 0) is 0 Å². The van der Waals surface area contributed by atoms with Gasteiger partial charge in [-0.05, 0) is 79.3 Å². The summed E-state index contributed by atoms with van der Waals surface area (Å²) in [6.45, 7) is 4.86. The number of aliphatic imine (C=N–C) groups is 1. The van der Waals surface area contributed by atoms with Crippen LogP contribution in [0.3, 0.4) is 0 Å². The fraction of sp³-hybridized carbons (Fsp3) is 0.258. The van der Waals surface area contributed by atoms with Crippen LogP contribution in [0.1, 0.15) is 47.6 Å². The van der Waals surface area contributed by atoms with Gasteiger partial charge in [0.05, 0.1) is 18.3 Å². The molecule has 5 rings (SSSR count). The monoisotopic (exact) mass is 462 g/mol. The number of terminal acetylenes is 1. The Morgan fingerprint density at radius 2 is 1.91 bits per heavy atom. The van der Waals surface area contributed by atoms with E-state index < -0.39 is 0 Å². The van der Waals surface area contributed by atoms with Crippen LogP contribution in [0, 0.1) is 25.2 Å². The normalized spacial score (nSPS) is 20.1. The minimum atomic E-state index is 0.207. The maximum atomic E-state index is 5.71. The Bertz CT molecular complexity index is 1300. The number of hydrogen-bond donors (Lipinski definition) is 1. The number of ether oxygens (including phenoxy) is 2. The second kappa shape index (κ2) is 10.1. The lowest BCUT2D eigenvalue weighted by atomic mass is 9.76. The minimum Gasteiger partial charge on any atom is -0.490 e. The predicted octanol–water partition coefficient (Wildman–Crippen LogP) is 6.98. The molecular formula is C31H30N2O2. The molecule has 4 nitrogen and oxygen atoms in total. The van der Waals surface area contributed by atoms with Crippen LogP contribution in [0.25, 0.3) is 0 Å². The van der Waals surface area contributed by atoms with Crippen LogP contribution >= 0.6 is 0 Å². The van der Waals surface area contributed by atoms with E-state index in [9.17, 15) is 0 Å². The number of nitrogens with zero attached hydrogens (tertiary/aromatic N) is 1. The number of allylic oxidation sites excluding steroid dienone is 2. The quantitative estimate of drug-likeness (QED) is 0.234. The summed E-state index contributed by atoms with van der Waals surface area (Å²) in [6, 6.07) is 21.3. The van der Waals surface area contributed by atoms with Crippen molar-refractivity contribution in [1.82, 2.24) is 0 Å². The van der Waals surface area contributed by atoms with Crippen molar-refractivity contribution in [3.8, 4) is 23.8 Å². The van der Waals surface area contributed by atoms with Crippen molar-refractivity contribution in [2.75, 3.05) is 18.5 Å². The number of anilines is 1. The van der Waals surface area contributed by atoms with Crippen molar-refractivity contribution in [2.24, 2.45) is 10.9 Å². The lowest BCUT2D eigenvalue weighted by Gasteiger charge is -2.37. The third-order valence-corrected chi connectivity index (χ3v) is 6.71. The third-order valence-electron chi connectivity index (χ3n) is 6.71. The number of fused-ring (bicyclic) bond motifs is 3. The summed E-state index contributed by atoms with van der Waals surface area (Å²) in [5.41, 5.74) is 7.12. The summed E-state index contributed by atoms with van der Waals surface area (Å²) in [5.74, 6) is 4.80. The molecule has 2 aliphatic rings. The molecule has 0 aromatic heterocycles. The first-order valence-electron chi connectivity index (χ1n) is 12.2. The molecule has 176 valence electrons. The Labute approximate surface area is 207 Å². The molecule has 0 fully saturated rings. The summed E-state index contributed by atoms with van der Waals surface area (Å²) in [6.07, 6.45) is 13.0. The van der Waals surface area contributed by atoms with Gasteiger partial charge >= 0.3 is 0 Å². The topological polar surface area (TPSA) is 42.8 Å². The van der Waals surface area contributed by atoms with Crippen LogP contribution in [-0.4, -0.2) is 19.4 Å². The van der Waals surface area contributed by atoms with Crippen molar-refractivity contribution in [3.05, 3.63) is 95.1 Å². The summed E-state index contributed by atoms with van der Waals surface area (Å²) < 4.78 is 11.3. The second-order valence-corrected chi connectivity index (χ2v) is 9.05. The van der Waals surface area contributed by atoms with E-state index in [-0.39, 0.29) is 12.6 Å². The van der Waals surface area contributed by atoms with E-state index in [0.29, 0.717) is 29.9 Å². The molecule has 1 N–H and O–H groups in total. The lowest BCUT2D eigenvalue weighted by Crippen LogP contribution is -2.29. The molecular weight excluding hydrogens is 432 g/mol. The van der Waals surface area contributed by atoms with Gasteiger partial charge in [0.1, 0.15) is 6.61 Å². The molecule has 3 aromatic carbocycles. The molecule has 0 radical (unpaired) electrons. The molecule has 0 unspecified atom stereocenters. The zero-order valence-corrected chi connectivity index (χ0v) is 20.2. The molecule has 35 heavy (non-hydrogen) atoms. The zero-order valence-electron chi connectivity index (χ0n) is 20.2. The highest BCUT2D eigenvalue weighted by Gasteiger charge is 2.37. The van der Waals surface area contributed by atoms with Crippen molar-refractivity contribution in [1.29, 1.82) is 0 Å². The molecule has 0 saturated carbocycles. The van der Waals surface area contributed by atoms with E-state index >= 15 is 0 Å². The molecule has 1 heterocycles. The van der Waals surface area contributed by atoms with E-state index in [1.165, 1.54) is 22.4 Å². The number of aryl methyl sites for hydroxylation is 1. The molecule has 1 aliphatic heterocycles. The number of nitrogens with one attached hydrogen (secondary N) is 1. The van der Waals surface area contributed by atoms with E-state index in [4.69, 9.17) is 15.9 Å². The van der Waals surface area contributed by atoms with Gasteiger partial charge < -0.3 is 14.8 Å². The predicted molar refractivity (Wildman–Crippen MR) is 143 cm³/mol. The summed E-state index contributed by atoms with van der Waals surface area (Å²) in [5, 5.41) is 3.81. The Morgan fingerprint density at radius 1 is 1.06 bits per heavy atom. The molecule has 0 saturated heterocycles. The molecule has 0 bridgehead atoms. The number of rotatable bonds is 7. The lowest BCUT2D eigenvalue weighted by molar-refractivity contribution is 0.299. The summed E-state index contributed by atoms with van der Waals surface area (Å²) in [4.78, 5) is 4.68. The van der Waals surface area contributed by atoms with Crippen molar-refractivity contribution >= 4 is 17.6 Å². The Kier molecular flexibility index (Phi) is 6.59. The molecule has 3 atom stereocenters. The van der Waals surface area contributed by atoms with Crippen molar-refractivity contribution in [2.45, 2.75) is 32.2 Å². The van der Waals surface area contributed by atoms with Crippen LogP contribution in [0.2, 0.25) is 0 Å². The smallest absolute Gasteiger partial charge is 0.162 e. The summed E-state index contributed by atoms with van der Waals surface area (Å²) in [7, 11) is 0. The maximum Gasteiger partial charge on any atom is 0.162 e. The largest absolute Gasteiger partial charge is 0.490 e. The van der Waals surface area contributed by atoms with E-state index in [1.807, 2.05) is 31.3 Å². The number of hydrogen-bond acceptors (Lipinski definition) is 4. The van der Waals surface area contributed by atoms with Crippen LogP contribution in [0.5, 0.6) is 11.5 Å². The molecule has 4 heteroatoms. The van der Waals surface area contributed by atoms with E-state index in [1.54, 1.807) is 0 Å². The molecule has 0 spiro atoms. The zero-order chi connectivity index (χ0) is 24.2. The SMILES string of the molecule is C#CCOc1ccc(C=Nc2ccc([C@@H]3Nc4ccc(C)cc4[C@@H]4C=CC[C@H]43)cc2)cc1OCC. The Morgan fingerprint density at radius 3 is 2.71 bits per heavy atom. The standard InChI is InChI=1S/C31H30N2O2/c1-4-17-35-29-16-10-22(19-30(29)34-5-2)20-32-24-13-11-23(12-14-24)31-26-8-6-7-25(26)27-18-21(3)9-15-28(27)33-31/h1,6-7,9-16,18-20,25-26,31,33H,5,8,17H2,2-3H3/t25-,26-,31+/m1/s1. The van der Waals surface area contributed by atoms with Gasteiger partial charge in [0.2, 0.25) is 0 Å². The van der Waals surface area contributed by atoms with Crippen molar-refractivity contribution in [3.63, 3.8) is 0 Å². The number of benzene rings is 3. The highest BCUT2D eigenvalue weighted by atomic mass is 16.5. The van der Waals surface area contributed by atoms with Gasteiger partial charge in [-0.1, -0.05) is 47.9 Å². The Hall–Kier alpha value is -3.97. The second-order valence-electron chi connectivity index (χ2n) is 9.05. The van der Waals surface area contributed by atoms with Gasteiger partial charge in [-0.25, -0.2) is 0 Å². The first-order valence-corrected chi connectivity index (χ1v) is 12.2. The summed E-state index contributed by atoms with van der Waals surface area (Å²) >= 11 is 0. The molecule has 1 aliphatic carbocycles. The van der Waals surface area contributed by atoms with Gasteiger partial charge in [0.25, 0.3) is 0 Å². The fourth-order valence-corrected chi connectivity index (χ4v) is 5.07. The van der Waals surface area contributed by atoms with Gasteiger partial charge in [-0.2, -0.15) is 0 Å². The van der Waals surface area contributed by atoms with Crippen molar-refractivity contribution < 1.29 is 9.47 Å². The van der Waals surface area contributed by atoms with Crippen LogP contribution < -0.4 is 14.8 Å². The molecule has 3 aromatic rings. The van der Waals surface area contributed by atoms with E-state index in [2.05, 4.69) is 77.8 Å². The molecule has 0 amide bonds. The van der Waals surface area contributed by atoms with Gasteiger partial charge in [0.15, 0.2) is 11.5 Å². The maximum absolute atomic E-state index is 5.71. The first kappa shape index (κ1) is 22.8. The highest BCUT2D eigenvalue weighted by Crippen LogP contribution is 2.50. The third kappa shape index (κ3) is 4.81.